The number of aryl methyl sites for hydroxylation is 1. The van der Waals surface area contributed by atoms with Gasteiger partial charge in [0.1, 0.15) is 0 Å². The van der Waals surface area contributed by atoms with Crippen molar-refractivity contribution in [2.75, 3.05) is 12.3 Å². The van der Waals surface area contributed by atoms with Crippen LogP contribution in [-0.2, 0) is 6.42 Å². The van der Waals surface area contributed by atoms with Crippen LogP contribution in [0.1, 0.15) is 31.4 Å². The smallest absolute Gasteiger partial charge is 0.314 e. The molecule has 21 heavy (non-hydrogen) atoms. The van der Waals surface area contributed by atoms with E-state index in [1.165, 1.54) is 11.1 Å². The zero-order valence-corrected chi connectivity index (χ0v) is 13.7. The summed E-state index contributed by atoms with van der Waals surface area (Å²) >= 11 is 0.0831. The van der Waals surface area contributed by atoms with Crippen molar-refractivity contribution in [3.8, 4) is 0 Å². The zero-order chi connectivity index (χ0) is 15.9. The molecule has 5 heteroatoms. The minimum atomic E-state index is -4.13. The lowest BCUT2D eigenvalue weighted by molar-refractivity contribution is -0.0328. The van der Waals surface area contributed by atoms with Crippen molar-refractivity contribution >= 4 is 11.8 Å². The third kappa shape index (κ3) is 8.37. The number of benzene rings is 1. The highest BCUT2D eigenvalue weighted by Gasteiger charge is 2.28. The molecule has 0 fully saturated rings. The number of nitrogens with one attached hydrogen (secondary N) is 1. The molecule has 0 aliphatic heterocycles. The fraction of sp³-hybridized carbons (Fsp3) is 0.625. The van der Waals surface area contributed by atoms with Gasteiger partial charge in [0.05, 0.1) is 0 Å². The van der Waals surface area contributed by atoms with Gasteiger partial charge in [-0.25, -0.2) is 0 Å². The van der Waals surface area contributed by atoms with Crippen molar-refractivity contribution in [2.45, 2.75) is 45.2 Å². The molecule has 1 rings (SSSR count). The van der Waals surface area contributed by atoms with Crippen LogP contribution in [-0.4, -0.2) is 23.8 Å². The summed E-state index contributed by atoms with van der Waals surface area (Å²) in [4.78, 5) is 0. The van der Waals surface area contributed by atoms with Crippen molar-refractivity contribution in [1.82, 2.24) is 5.32 Å². The van der Waals surface area contributed by atoms with Crippen LogP contribution in [0.4, 0.5) is 13.2 Å². The molecule has 1 atom stereocenters. The van der Waals surface area contributed by atoms with Gasteiger partial charge in [0.2, 0.25) is 0 Å². The van der Waals surface area contributed by atoms with E-state index in [2.05, 4.69) is 25.2 Å². The van der Waals surface area contributed by atoms with Crippen LogP contribution < -0.4 is 5.32 Å². The summed E-state index contributed by atoms with van der Waals surface area (Å²) in [7, 11) is 0. The van der Waals surface area contributed by atoms with Crippen LogP contribution in [0.3, 0.4) is 0 Å². The third-order valence-electron chi connectivity index (χ3n) is 3.38. The molecule has 0 bridgehead atoms. The van der Waals surface area contributed by atoms with Gasteiger partial charge in [-0.3, -0.25) is 0 Å². The average molecular weight is 319 g/mol. The molecule has 0 saturated carbocycles. The predicted molar refractivity (Wildman–Crippen MR) is 84.6 cm³/mol. The molecule has 1 aromatic rings. The Morgan fingerprint density at radius 1 is 1.19 bits per heavy atom. The highest BCUT2D eigenvalue weighted by molar-refractivity contribution is 8.00. The first-order valence-electron chi connectivity index (χ1n) is 7.26. The minimum Gasteiger partial charge on any atom is -0.314 e. The molecule has 0 aliphatic carbocycles. The molecule has 0 amide bonds. The maximum absolute atomic E-state index is 12.3. The van der Waals surface area contributed by atoms with Gasteiger partial charge in [0, 0.05) is 11.8 Å². The summed E-state index contributed by atoms with van der Waals surface area (Å²) in [5.74, 6) is 0.350. The Hall–Kier alpha value is -0.680. The predicted octanol–water partition coefficient (Wildman–Crippen LogP) is 4.79. The number of halogens is 3. The zero-order valence-electron chi connectivity index (χ0n) is 12.8. The fourth-order valence-corrected chi connectivity index (χ4v) is 2.85. The van der Waals surface area contributed by atoms with Crippen LogP contribution in [0.2, 0.25) is 0 Å². The second-order valence-corrected chi connectivity index (χ2v) is 6.80. The molecular formula is C16H24F3NS. The SMILES string of the molecule is Cc1ccccc1CC(CCSC(F)(F)F)CNC(C)C. The first kappa shape index (κ1) is 18.4. The minimum absolute atomic E-state index is 0.0831. The van der Waals surface area contributed by atoms with Gasteiger partial charge >= 0.3 is 5.51 Å². The molecule has 0 heterocycles. The summed E-state index contributed by atoms with van der Waals surface area (Å²) in [5, 5.41) is 3.34. The molecule has 0 radical (unpaired) electrons. The normalized spacial score (nSPS) is 13.7. The largest absolute Gasteiger partial charge is 0.441 e. The van der Waals surface area contributed by atoms with Gasteiger partial charge in [-0.05, 0) is 43.4 Å². The Bertz CT molecular complexity index is 418. The van der Waals surface area contributed by atoms with Gasteiger partial charge in [-0.15, -0.1) is 0 Å². The Morgan fingerprint density at radius 2 is 1.86 bits per heavy atom. The second-order valence-electron chi connectivity index (χ2n) is 5.64. The van der Waals surface area contributed by atoms with Crippen LogP contribution in [0.25, 0.3) is 0 Å². The maximum Gasteiger partial charge on any atom is 0.441 e. The highest BCUT2D eigenvalue weighted by Crippen LogP contribution is 2.31. The quantitative estimate of drug-likeness (QED) is 0.739. The van der Waals surface area contributed by atoms with Crippen molar-refractivity contribution in [1.29, 1.82) is 0 Å². The van der Waals surface area contributed by atoms with Gasteiger partial charge in [-0.2, -0.15) is 13.2 Å². The lowest BCUT2D eigenvalue weighted by Crippen LogP contribution is -2.30. The molecule has 1 aromatic carbocycles. The number of thioether (sulfide) groups is 1. The lowest BCUT2D eigenvalue weighted by Gasteiger charge is -2.20. The highest BCUT2D eigenvalue weighted by atomic mass is 32.2. The molecule has 1 unspecified atom stereocenters. The Balaban J connectivity index is 2.57. The number of alkyl halides is 3. The van der Waals surface area contributed by atoms with Crippen molar-refractivity contribution < 1.29 is 13.2 Å². The first-order valence-corrected chi connectivity index (χ1v) is 8.25. The number of hydrogen-bond donors (Lipinski definition) is 1. The third-order valence-corrected chi connectivity index (χ3v) is 4.14. The fourth-order valence-electron chi connectivity index (χ4n) is 2.17. The molecule has 0 aromatic heterocycles. The average Bonchev–Trinajstić information content (AvgIpc) is 2.36. The van der Waals surface area contributed by atoms with Crippen molar-refractivity contribution in [3.05, 3.63) is 35.4 Å². The van der Waals surface area contributed by atoms with E-state index in [4.69, 9.17) is 0 Å². The lowest BCUT2D eigenvalue weighted by atomic mass is 9.94. The summed E-state index contributed by atoms with van der Waals surface area (Å²) < 4.78 is 36.8. The van der Waals surface area contributed by atoms with Crippen LogP contribution >= 0.6 is 11.8 Å². The maximum atomic E-state index is 12.3. The van der Waals surface area contributed by atoms with Gasteiger partial charge in [-0.1, -0.05) is 49.9 Å². The monoisotopic (exact) mass is 319 g/mol. The molecule has 0 spiro atoms. The van der Waals surface area contributed by atoms with E-state index in [-0.39, 0.29) is 23.4 Å². The standard InChI is InChI=1S/C16H24F3NS/c1-12(2)20-11-14(8-9-21-16(17,18)19)10-15-7-5-4-6-13(15)3/h4-7,12,14,20H,8-11H2,1-3H3. The Kier molecular flexibility index (Phi) is 7.60. The topological polar surface area (TPSA) is 12.0 Å². The summed E-state index contributed by atoms with van der Waals surface area (Å²) in [5.41, 5.74) is -1.70. The van der Waals surface area contributed by atoms with Gasteiger partial charge in [0.15, 0.2) is 0 Å². The van der Waals surface area contributed by atoms with E-state index in [0.717, 1.165) is 13.0 Å². The van der Waals surface area contributed by atoms with E-state index in [1.807, 2.05) is 25.1 Å². The van der Waals surface area contributed by atoms with E-state index in [0.29, 0.717) is 12.5 Å². The number of rotatable bonds is 8. The van der Waals surface area contributed by atoms with E-state index < -0.39 is 5.51 Å². The van der Waals surface area contributed by atoms with E-state index in [1.54, 1.807) is 0 Å². The first-order chi connectivity index (χ1) is 9.78. The van der Waals surface area contributed by atoms with Crippen LogP contribution in [0, 0.1) is 12.8 Å². The summed E-state index contributed by atoms with van der Waals surface area (Å²) in [6, 6.07) is 8.43. The Labute approximate surface area is 129 Å². The second kappa shape index (κ2) is 8.69. The molecule has 120 valence electrons. The van der Waals surface area contributed by atoms with Crippen LogP contribution in [0.5, 0.6) is 0 Å². The van der Waals surface area contributed by atoms with E-state index in [9.17, 15) is 13.2 Å². The molecule has 0 saturated heterocycles. The molecule has 1 N–H and O–H groups in total. The summed E-state index contributed by atoms with van der Waals surface area (Å²) in [6.07, 6.45) is 1.39. The van der Waals surface area contributed by atoms with Crippen LogP contribution in [0.15, 0.2) is 24.3 Å². The summed E-state index contributed by atoms with van der Waals surface area (Å²) in [6.45, 7) is 6.90. The molecular weight excluding hydrogens is 295 g/mol. The molecule has 0 aliphatic rings. The van der Waals surface area contributed by atoms with Crippen molar-refractivity contribution in [2.24, 2.45) is 5.92 Å². The molecule has 1 nitrogen and oxygen atoms in total. The van der Waals surface area contributed by atoms with Gasteiger partial charge in [0.25, 0.3) is 0 Å². The van der Waals surface area contributed by atoms with Gasteiger partial charge < -0.3 is 5.32 Å². The van der Waals surface area contributed by atoms with E-state index >= 15 is 0 Å². The Morgan fingerprint density at radius 3 is 2.43 bits per heavy atom. The van der Waals surface area contributed by atoms with Crippen molar-refractivity contribution in [3.63, 3.8) is 0 Å². The number of hydrogen-bond acceptors (Lipinski definition) is 2.